The zero-order chi connectivity index (χ0) is 11.7. The van der Waals surface area contributed by atoms with Crippen molar-refractivity contribution in [2.45, 2.75) is 46.2 Å². The summed E-state index contributed by atoms with van der Waals surface area (Å²) in [4.78, 5) is 0. The van der Waals surface area contributed by atoms with Gasteiger partial charge in [-0.1, -0.05) is 20.8 Å². The molecule has 0 saturated carbocycles. The smallest absolute Gasteiger partial charge is 0.138 e. The first-order chi connectivity index (χ1) is 7.15. The zero-order valence-corrected chi connectivity index (χ0v) is 11.7. The first kappa shape index (κ1) is 15.1. The van der Waals surface area contributed by atoms with Crippen LogP contribution in [0.1, 0.15) is 34.6 Å². The van der Waals surface area contributed by atoms with E-state index >= 15 is 0 Å². The predicted octanol–water partition coefficient (Wildman–Crippen LogP) is 1.64. The molecule has 0 aromatic rings. The van der Waals surface area contributed by atoms with Gasteiger partial charge in [-0.3, -0.25) is 0 Å². The largest absolute Gasteiger partial charge is 0.357 e. The highest BCUT2D eigenvalue weighted by atomic mass is 28.2. The highest BCUT2D eigenvalue weighted by Gasteiger charge is 2.20. The molecule has 0 amide bonds. The number of rotatable bonds is 9. The Hall–Kier alpha value is 0.0969. The standard InChI is InChI=1S/C11H25NO2Si/c1-6-12-10(9(4)5)15-11(13-7-2)14-8-3/h9-12H,6-8H2,1-5H3. The average Bonchev–Trinajstić information content (AvgIpc) is 2.17. The van der Waals surface area contributed by atoms with Crippen LogP contribution in [0.2, 0.25) is 0 Å². The van der Waals surface area contributed by atoms with Crippen LogP contribution in [0.4, 0.5) is 0 Å². The molecule has 1 unspecified atom stereocenters. The fourth-order valence-electron chi connectivity index (χ4n) is 1.30. The first-order valence-corrected chi connectivity index (χ1v) is 7.03. The molecule has 4 heteroatoms. The summed E-state index contributed by atoms with van der Waals surface area (Å²) < 4.78 is 11.1. The second kappa shape index (κ2) is 9.33. The maximum absolute atomic E-state index is 5.56. The molecule has 15 heavy (non-hydrogen) atoms. The van der Waals surface area contributed by atoms with Gasteiger partial charge in [0, 0.05) is 18.9 Å². The Morgan fingerprint density at radius 3 is 1.93 bits per heavy atom. The van der Waals surface area contributed by atoms with Crippen molar-refractivity contribution in [3.8, 4) is 0 Å². The van der Waals surface area contributed by atoms with Crippen molar-refractivity contribution in [1.29, 1.82) is 0 Å². The summed E-state index contributed by atoms with van der Waals surface area (Å²) in [5.74, 6) is 0.582. The lowest BCUT2D eigenvalue weighted by atomic mass is 10.2. The van der Waals surface area contributed by atoms with Crippen molar-refractivity contribution in [3.05, 3.63) is 0 Å². The Kier molecular flexibility index (Phi) is 9.39. The van der Waals surface area contributed by atoms with Gasteiger partial charge in [-0.2, -0.15) is 0 Å². The monoisotopic (exact) mass is 231 g/mol. The Morgan fingerprint density at radius 1 is 1.07 bits per heavy atom. The van der Waals surface area contributed by atoms with E-state index in [1.165, 1.54) is 0 Å². The summed E-state index contributed by atoms with van der Waals surface area (Å²) in [6, 6.07) is 0. The highest BCUT2D eigenvalue weighted by molar-refractivity contribution is 6.38. The highest BCUT2D eigenvalue weighted by Crippen LogP contribution is 2.04. The van der Waals surface area contributed by atoms with E-state index in [4.69, 9.17) is 9.47 Å². The molecule has 0 aliphatic heterocycles. The van der Waals surface area contributed by atoms with Gasteiger partial charge in [0.25, 0.3) is 0 Å². The lowest BCUT2D eigenvalue weighted by Crippen LogP contribution is -2.45. The minimum absolute atomic E-state index is 0.0357. The van der Waals surface area contributed by atoms with Gasteiger partial charge in [-0.25, -0.2) is 0 Å². The van der Waals surface area contributed by atoms with Gasteiger partial charge in [0.05, 0.1) is 0 Å². The van der Waals surface area contributed by atoms with E-state index in [0.29, 0.717) is 34.3 Å². The third-order valence-electron chi connectivity index (χ3n) is 2.04. The van der Waals surface area contributed by atoms with Crippen LogP contribution in [-0.4, -0.2) is 40.9 Å². The Morgan fingerprint density at radius 2 is 1.60 bits per heavy atom. The Balaban J connectivity index is 4.06. The maximum atomic E-state index is 5.56. The lowest BCUT2D eigenvalue weighted by Gasteiger charge is -2.25. The van der Waals surface area contributed by atoms with Crippen LogP contribution >= 0.6 is 0 Å². The molecule has 0 fully saturated rings. The van der Waals surface area contributed by atoms with E-state index < -0.39 is 0 Å². The van der Waals surface area contributed by atoms with Crippen LogP contribution in [-0.2, 0) is 9.47 Å². The SMILES string of the molecule is CCNC([Si]C(OCC)OCC)C(C)C. The number of ether oxygens (including phenoxy) is 2. The summed E-state index contributed by atoms with van der Waals surface area (Å²) in [7, 11) is 0.660. The van der Waals surface area contributed by atoms with E-state index in [9.17, 15) is 0 Å². The molecule has 0 aliphatic carbocycles. The lowest BCUT2D eigenvalue weighted by molar-refractivity contribution is -0.0838. The molecule has 0 aliphatic rings. The van der Waals surface area contributed by atoms with Gasteiger partial charge in [-0.05, 0) is 26.3 Å². The summed E-state index contributed by atoms with van der Waals surface area (Å²) in [6.45, 7) is 13.0. The van der Waals surface area contributed by atoms with Gasteiger partial charge < -0.3 is 14.8 Å². The first-order valence-electron chi connectivity index (χ1n) is 5.88. The molecule has 2 radical (unpaired) electrons. The molecule has 0 heterocycles. The van der Waals surface area contributed by atoms with Crippen molar-refractivity contribution in [1.82, 2.24) is 5.32 Å². The summed E-state index contributed by atoms with van der Waals surface area (Å²) in [5, 5.41) is 3.48. The molecule has 3 nitrogen and oxygen atoms in total. The van der Waals surface area contributed by atoms with E-state index in [1.54, 1.807) is 0 Å². The van der Waals surface area contributed by atoms with Gasteiger partial charge in [0.1, 0.15) is 15.4 Å². The second-order valence-corrected chi connectivity index (χ2v) is 5.12. The molecule has 1 atom stereocenters. The number of hydrogen-bond acceptors (Lipinski definition) is 3. The summed E-state index contributed by atoms with van der Waals surface area (Å²) in [6.07, 6.45) is 0. The fourth-order valence-corrected chi connectivity index (χ4v) is 2.83. The van der Waals surface area contributed by atoms with Crippen LogP contribution in [0.15, 0.2) is 0 Å². The number of hydrogen-bond donors (Lipinski definition) is 1. The zero-order valence-electron chi connectivity index (χ0n) is 10.7. The summed E-state index contributed by atoms with van der Waals surface area (Å²) >= 11 is 0. The fraction of sp³-hybridized carbons (Fsp3) is 1.00. The van der Waals surface area contributed by atoms with Crippen LogP contribution in [0.25, 0.3) is 0 Å². The topological polar surface area (TPSA) is 30.5 Å². The van der Waals surface area contributed by atoms with Crippen molar-refractivity contribution in [2.24, 2.45) is 5.92 Å². The molecular formula is C11H25NO2Si. The molecule has 1 N–H and O–H groups in total. The van der Waals surface area contributed by atoms with E-state index in [1.807, 2.05) is 13.8 Å². The minimum atomic E-state index is -0.0357. The second-order valence-electron chi connectivity index (χ2n) is 3.69. The molecule has 0 aromatic carbocycles. The van der Waals surface area contributed by atoms with Gasteiger partial charge in [0.2, 0.25) is 0 Å². The van der Waals surface area contributed by atoms with E-state index in [2.05, 4.69) is 26.1 Å². The van der Waals surface area contributed by atoms with Crippen LogP contribution < -0.4 is 5.32 Å². The van der Waals surface area contributed by atoms with Crippen molar-refractivity contribution >= 4 is 9.52 Å². The van der Waals surface area contributed by atoms with E-state index in [-0.39, 0.29) is 5.91 Å². The van der Waals surface area contributed by atoms with E-state index in [0.717, 1.165) is 6.54 Å². The van der Waals surface area contributed by atoms with Gasteiger partial charge in [0.15, 0.2) is 0 Å². The molecule has 0 bridgehead atoms. The maximum Gasteiger partial charge on any atom is 0.138 e. The average molecular weight is 231 g/mol. The molecule has 0 aromatic heterocycles. The third-order valence-corrected chi connectivity index (χ3v) is 3.88. The number of nitrogens with one attached hydrogen (secondary N) is 1. The Bertz CT molecular complexity index is 139. The van der Waals surface area contributed by atoms with Gasteiger partial charge in [-0.15, -0.1) is 0 Å². The van der Waals surface area contributed by atoms with Gasteiger partial charge >= 0.3 is 0 Å². The minimum Gasteiger partial charge on any atom is -0.357 e. The molecule has 0 rings (SSSR count). The van der Waals surface area contributed by atoms with Crippen molar-refractivity contribution in [2.75, 3.05) is 19.8 Å². The van der Waals surface area contributed by atoms with Crippen LogP contribution in [0.5, 0.6) is 0 Å². The molecule has 90 valence electrons. The molecular weight excluding hydrogens is 206 g/mol. The Labute approximate surface area is 96.7 Å². The normalized spacial score (nSPS) is 13.8. The molecule has 0 spiro atoms. The van der Waals surface area contributed by atoms with Crippen molar-refractivity contribution < 1.29 is 9.47 Å². The van der Waals surface area contributed by atoms with Crippen LogP contribution in [0, 0.1) is 5.92 Å². The molecule has 0 saturated heterocycles. The van der Waals surface area contributed by atoms with Crippen LogP contribution in [0.3, 0.4) is 0 Å². The third kappa shape index (κ3) is 7.06. The quantitative estimate of drug-likeness (QED) is 0.483. The van der Waals surface area contributed by atoms with Crippen molar-refractivity contribution in [3.63, 3.8) is 0 Å². The summed E-state index contributed by atoms with van der Waals surface area (Å²) in [5.41, 5.74) is 0.498. The predicted molar refractivity (Wildman–Crippen MR) is 65.1 cm³/mol.